The number of hydrogen-bond donors (Lipinski definition) is 1. The summed E-state index contributed by atoms with van der Waals surface area (Å²) in [5, 5.41) is 9.08. The zero-order chi connectivity index (χ0) is 13.9. The van der Waals surface area contributed by atoms with Gasteiger partial charge in [0.25, 0.3) is 0 Å². The summed E-state index contributed by atoms with van der Waals surface area (Å²) in [4.78, 5) is 15.5. The Hall–Kier alpha value is -2.30. The van der Waals surface area contributed by atoms with Crippen LogP contribution in [-0.2, 0) is 19.4 Å². The van der Waals surface area contributed by atoms with Gasteiger partial charge in [0, 0.05) is 6.42 Å². The third-order valence-corrected chi connectivity index (χ3v) is 3.36. The van der Waals surface area contributed by atoms with E-state index in [2.05, 4.69) is 4.98 Å². The largest absolute Gasteiger partial charge is 0.483 e. The predicted molar refractivity (Wildman–Crippen MR) is 70.9 cm³/mol. The van der Waals surface area contributed by atoms with Gasteiger partial charge in [-0.05, 0) is 31.4 Å². The van der Waals surface area contributed by atoms with Gasteiger partial charge in [-0.15, -0.1) is 0 Å². The predicted octanol–water partition coefficient (Wildman–Crippen LogP) is 2.83. The van der Waals surface area contributed by atoms with Crippen molar-refractivity contribution in [3.05, 3.63) is 47.2 Å². The highest BCUT2D eigenvalue weighted by Crippen LogP contribution is 2.23. The molecule has 5 heteroatoms. The number of nitrogens with zero attached hydrogens (tertiary/aromatic N) is 1. The molecule has 0 saturated carbocycles. The zero-order valence-electron chi connectivity index (χ0n) is 11.0. The minimum Gasteiger partial charge on any atom is -0.483 e. The molecule has 0 unspecified atom stereocenters. The smallest absolute Gasteiger partial charge is 0.339 e. The molecule has 1 N–H and O–H groups in total. The second-order valence-electron chi connectivity index (χ2n) is 4.77. The van der Waals surface area contributed by atoms with Gasteiger partial charge in [0.05, 0.1) is 5.69 Å². The highest BCUT2D eigenvalue weighted by molar-refractivity contribution is 5.90. The van der Waals surface area contributed by atoms with Gasteiger partial charge in [-0.1, -0.05) is 12.1 Å². The number of oxazole rings is 1. The van der Waals surface area contributed by atoms with Gasteiger partial charge in [0.2, 0.25) is 5.89 Å². The highest BCUT2D eigenvalue weighted by atomic mass is 16.5. The Bertz CT molecular complexity index is 609. The molecule has 0 spiro atoms. The van der Waals surface area contributed by atoms with Crippen LogP contribution in [0.5, 0.6) is 5.75 Å². The summed E-state index contributed by atoms with van der Waals surface area (Å²) in [6, 6.07) is 6.55. The van der Waals surface area contributed by atoms with E-state index < -0.39 is 5.97 Å². The van der Waals surface area contributed by atoms with E-state index in [9.17, 15) is 4.79 Å². The molecule has 0 aliphatic heterocycles. The number of para-hydroxylation sites is 1. The van der Waals surface area contributed by atoms with Crippen molar-refractivity contribution < 1.29 is 19.1 Å². The lowest BCUT2D eigenvalue weighted by molar-refractivity contribution is 0.0691. The first-order valence-corrected chi connectivity index (χ1v) is 6.66. The molecule has 0 atom stereocenters. The molecule has 5 nitrogen and oxygen atoms in total. The van der Waals surface area contributed by atoms with Crippen molar-refractivity contribution >= 4 is 5.97 Å². The van der Waals surface area contributed by atoms with Crippen molar-refractivity contribution in [1.82, 2.24) is 4.98 Å². The molecule has 0 fully saturated rings. The van der Waals surface area contributed by atoms with E-state index in [4.69, 9.17) is 14.3 Å². The fraction of sp³-hybridized carbons (Fsp3) is 0.333. The number of carboxylic acids is 1. The Morgan fingerprint density at radius 3 is 2.90 bits per heavy atom. The van der Waals surface area contributed by atoms with Gasteiger partial charge in [0.15, 0.2) is 6.61 Å². The topological polar surface area (TPSA) is 72.6 Å². The van der Waals surface area contributed by atoms with Gasteiger partial charge in [-0.3, -0.25) is 0 Å². The molecule has 104 valence electrons. The fourth-order valence-electron chi connectivity index (χ4n) is 2.38. The van der Waals surface area contributed by atoms with Crippen molar-refractivity contribution in [2.45, 2.75) is 32.3 Å². The summed E-state index contributed by atoms with van der Waals surface area (Å²) < 4.78 is 11.2. The standard InChI is InChI=1S/C15H15NO4/c17-15(18)10-5-1-3-7-12(10)19-9-14-16-11-6-2-4-8-13(11)20-14/h1,3,5,7H,2,4,6,8-9H2,(H,17,18). The van der Waals surface area contributed by atoms with Crippen LogP contribution >= 0.6 is 0 Å². The summed E-state index contributed by atoms with van der Waals surface area (Å²) in [6.07, 6.45) is 4.14. The van der Waals surface area contributed by atoms with E-state index in [1.54, 1.807) is 18.2 Å². The Balaban J connectivity index is 1.73. The lowest BCUT2D eigenvalue weighted by Crippen LogP contribution is -2.03. The molecule has 0 radical (unpaired) electrons. The van der Waals surface area contributed by atoms with Crippen LogP contribution < -0.4 is 4.74 Å². The molecule has 20 heavy (non-hydrogen) atoms. The number of carbonyl (C=O) groups is 1. The van der Waals surface area contributed by atoms with E-state index in [1.807, 2.05) is 0 Å². The number of aromatic nitrogens is 1. The highest BCUT2D eigenvalue weighted by Gasteiger charge is 2.17. The van der Waals surface area contributed by atoms with E-state index >= 15 is 0 Å². The molecular formula is C15H15NO4. The number of aromatic carboxylic acids is 1. The summed E-state index contributed by atoms with van der Waals surface area (Å²) in [7, 11) is 0. The summed E-state index contributed by atoms with van der Waals surface area (Å²) in [5.74, 6) is 0.780. The average molecular weight is 273 g/mol. The molecule has 1 aliphatic carbocycles. The zero-order valence-corrected chi connectivity index (χ0v) is 11.0. The molecule has 0 bridgehead atoms. The molecule has 1 aliphatic rings. The fourth-order valence-corrected chi connectivity index (χ4v) is 2.38. The van der Waals surface area contributed by atoms with Crippen LogP contribution in [0.3, 0.4) is 0 Å². The number of hydrogen-bond acceptors (Lipinski definition) is 4. The molecule has 1 aromatic heterocycles. The third kappa shape index (κ3) is 2.52. The Labute approximate surface area is 116 Å². The van der Waals surface area contributed by atoms with E-state index in [-0.39, 0.29) is 12.2 Å². The number of carboxylic acid groups (broad SMARTS) is 1. The number of fused-ring (bicyclic) bond motifs is 1. The van der Waals surface area contributed by atoms with Crippen LogP contribution in [0.2, 0.25) is 0 Å². The maximum atomic E-state index is 11.1. The second-order valence-corrected chi connectivity index (χ2v) is 4.77. The molecule has 1 heterocycles. The van der Waals surface area contributed by atoms with Gasteiger partial charge < -0.3 is 14.3 Å². The van der Waals surface area contributed by atoms with Gasteiger partial charge in [-0.25, -0.2) is 9.78 Å². The minimum atomic E-state index is -1.01. The number of benzene rings is 1. The van der Waals surface area contributed by atoms with Crippen molar-refractivity contribution in [2.75, 3.05) is 0 Å². The van der Waals surface area contributed by atoms with E-state index in [0.29, 0.717) is 11.6 Å². The second kappa shape index (κ2) is 5.36. The average Bonchev–Trinajstić information content (AvgIpc) is 2.88. The first-order valence-electron chi connectivity index (χ1n) is 6.66. The maximum absolute atomic E-state index is 11.1. The number of aryl methyl sites for hydroxylation is 2. The van der Waals surface area contributed by atoms with Crippen LogP contribution in [0.1, 0.15) is 40.5 Å². The van der Waals surface area contributed by atoms with Gasteiger partial charge in [-0.2, -0.15) is 0 Å². The van der Waals surface area contributed by atoms with Crippen LogP contribution in [0, 0.1) is 0 Å². The Kier molecular flexibility index (Phi) is 3.41. The lowest BCUT2D eigenvalue weighted by atomic mass is 10.0. The van der Waals surface area contributed by atoms with Crippen LogP contribution in [0.15, 0.2) is 28.7 Å². The van der Waals surface area contributed by atoms with Crippen molar-refractivity contribution in [2.24, 2.45) is 0 Å². The molecule has 2 aromatic rings. The van der Waals surface area contributed by atoms with E-state index in [1.165, 1.54) is 6.07 Å². The Morgan fingerprint density at radius 2 is 2.10 bits per heavy atom. The summed E-state index contributed by atoms with van der Waals surface area (Å²) >= 11 is 0. The van der Waals surface area contributed by atoms with E-state index in [0.717, 1.165) is 37.1 Å². The number of ether oxygens (including phenoxy) is 1. The number of rotatable bonds is 4. The molecule has 0 amide bonds. The molecule has 3 rings (SSSR count). The summed E-state index contributed by atoms with van der Waals surface area (Å²) in [6.45, 7) is 0.150. The lowest BCUT2D eigenvalue weighted by Gasteiger charge is -2.06. The van der Waals surface area contributed by atoms with Gasteiger partial charge >= 0.3 is 5.97 Å². The SMILES string of the molecule is O=C(O)c1ccccc1OCc1nc2c(o1)CCCC2. The van der Waals surface area contributed by atoms with Crippen molar-refractivity contribution in [3.8, 4) is 5.75 Å². The monoisotopic (exact) mass is 273 g/mol. The van der Waals surface area contributed by atoms with Crippen LogP contribution in [-0.4, -0.2) is 16.1 Å². The van der Waals surface area contributed by atoms with Crippen molar-refractivity contribution in [3.63, 3.8) is 0 Å². The first-order chi connectivity index (χ1) is 9.74. The third-order valence-electron chi connectivity index (χ3n) is 3.36. The molecule has 1 aromatic carbocycles. The molecular weight excluding hydrogens is 258 g/mol. The normalized spacial score (nSPS) is 13.8. The Morgan fingerprint density at radius 1 is 1.30 bits per heavy atom. The quantitative estimate of drug-likeness (QED) is 0.927. The first kappa shape index (κ1) is 12.7. The van der Waals surface area contributed by atoms with Crippen LogP contribution in [0.25, 0.3) is 0 Å². The van der Waals surface area contributed by atoms with Gasteiger partial charge in [0.1, 0.15) is 17.1 Å². The maximum Gasteiger partial charge on any atom is 0.339 e. The molecule has 0 saturated heterocycles. The summed E-state index contributed by atoms with van der Waals surface area (Å²) in [5.41, 5.74) is 1.16. The van der Waals surface area contributed by atoms with Crippen molar-refractivity contribution in [1.29, 1.82) is 0 Å². The minimum absolute atomic E-state index is 0.142. The van der Waals surface area contributed by atoms with Crippen LogP contribution in [0.4, 0.5) is 0 Å².